The zero-order valence-corrected chi connectivity index (χ0v) is 21.7. The molecular weight excluding hydrogens is 466 g/mol. The molecule has 0 radical (unpaired) electrons. The van der Waals surface area contributed by atoms with Gasteiger partial charge in [-0.25, -0.2) is 4.98 Å². The van der Waals surface area contributed by atoms with E-state index in [1.54, 1.807) is 0 Å². The Labute approximate surface area is 218 Å². The van der Waals surface area contributed by atoms with E-state index in [-0.39, 0.29) is 12.1 Å². The average molecular weight is 506 g/mol. The van der Waals surface area contributed by atoms with Crippen LogP contribution in [-0.4, -0.2) is 81.3 Å². The van der Waals surface area contributed by atoms with Gasteiger partial charge in [0.2, 0.25) is 0 Å². The number of anilines is 1. The molecule has 2 atom stereocenters. The molecule has 37 heavy (non-hydrogen) atoms. The summed E-state index contributed by atoms with van der Waals surface area (Å²) in [6.07, 6.45) is 15.1. The monoisotopic (exact) mass is 505 g/mol. The van der Waals surface area contributed by atoms with Crippen LogP contribution in [-0.2, 0) is 4.79 Å². The number of carboxylic acid groups (broad SMARTS) is 1. The fourth-order valence-corrected chi connectivity index (χ4v) is 7.23. The third-order valence-electron chi connectivity index (χ3n) is 8.99. The summed E-state index contributed by atoms with van der Waals surface area (Å²) in [6, 6.07) is 9.59. The van der Waals surface area contributed by atoms with Crippen LogP contribution in [0.3, 0.4) is 0 Å². The minimum atomic E-state index is -0.813. The van der Waals surface area contributed by atoms with Gasteiger partial charge in [-0.3, -0.25) is 24.0 Å². The molecule has 1 aromatic heterocycles. The lowest BCUT2D eigenvalue weighted by molar-refractivity contribution is -0.138. The molecule has 8 heteroatoms. The summed E-state index contributed by atoms with van der Waals surface area (Å²) < 4.78 is 1.95. The van der Waals surface area contributed by atoms with Gasteiger partial charge in [0.1, 0.15) is 0 Å². The molecule has 8 nitrogen and oxygen atoms in total. The number of benzene rings is 1. The van der Waals surface area contributed by atoms with Gasteiger partial charge in [0.25, 0.3) is 5.56 Å². The predicted molar refractivity (Wildman–Crippen MR) is 146 cm³/mol. The van der Waals surface area contributed by atoms with Gasteiger partial charge in [-0.1, -0.05) is 44.2 Å². The molecular formula is C29H39N5O3. The van der Waals surface area contributed by atoms with E-state index in [4.69, 9.17) is 10.1 Å². The number of aromatic nitrogens is 2. The predicted octanol–water partition coefficient (Wildman–Crippen LogP) is 3.79. The first kappa shape index (κ1) is 24.6. The summed E-state index contributed by atoms with van der Waals surface area (Å²) in [5.41, 5.74) is 2.80. The fourth-order valence-electron chi connectivity index (χ4n) is 7.23. The van der Waals surface area contributed by atoms with Crippen molar-refractivity contribution in [3.63, 3.8) is 0 Å². The van der Waals surface area contributed by atoms with Crippen molar-refractivity contribution in [2.24, 2.45) is 0 Å². The molecule has 1 aliphatic carbocycles. The van der Waals surface area contributed by atoms with Crippen LogP contribution in [0.25, 0.3) is 16.7 Å². The van der Waals surface area contributed by atoms with Crippen molar-refractivity contribution in [2.75, 3.05) is 37.6 Å². The van der Waals surface area contributed by atoms with Gasteiger partial charge in [0.05, 0.1) is 17.6 Å². The van der Waals surface area contributed by atoms with Crippen LogP contribution in [0.2, 0.25) is 0 Å². The lowest BCUT2D eigenvalue weighted by Gasteiger charge is -2.41. The molecule has 1 aromatic carbocycles. The molecule has 0 spiro atoms. The van der Waals surface area contributed by atoms with E-state index in [1.165, 1.54) is 57.8 Å². The van der Waals surface area contributed by atoms with Gasteiger partial charge >= 0.3 is 5.97 Å². The Balaban J connectivity index is 1.32. The first-order valence-corrected chi connectivity index (χ1v) is 14.3. The van der Waals surface area contributed by atoms with Crippen molar-refractivity contribution in [3.8, 4) is 0 Å². The molecule has 1 N–H and O–H groups in total. The number of hydrogen-bond acceptors (Lipinski definition) is 6. The van der Waals surface area contributed by atoms with Gasteiger partial charge in [0.15, 0.2) is 5.82 Å². The summed E-state index contributed by atoms with van der Waals surface area (Å²) in [7, 11) is 0. The molecule has 3 aliphatic heterocycles. The Morgan fingerprint density at radius 1 is 0.919 bits per heavy atom. The number of nitrogens with zero attached hydrogens (tertiary/aromatic N) is 5. The molecule has 3 fully saturated rings. The maximum absolute atomic E-state index is 14.0. The third-order valence-corrected chi connectivity index (χ3v) is 8.99. The molecule has 2 aromatic rings. The van der Waals surface area contributed by atoms with Gasteiger partial charge in [-0.2, -0.15) is 0 Å². The van der Waals surface area contributed by atoms with E-state index in [1.807, 2.05) is 38.6 Å². The normalized spacial score (nSPS) is 26.2. The van der Waals surface area contributed by atoms with Gasteiger partial charge in [0, 0.05) is 56.4 Å². The van der Waals surface area contributed by atoms with Crippen molar-refractivity contribution >= 4 is 28.5 Å². The molecule has 198 valence electrons. The number of aliphatic carboxylic acids is 1. The van der Waals surface area contributed by atoms with E-state index in [0.29, 0.717) is 50.1 Å². The number of carbonyl (C=O) groups is 1. The number of hydrogen-bond donors (Lipinski definition) is 1. The van der Waals surface area contributed by atoms with Crippen molar-refractivity contribution in [3.05, 3.63) is 40.7 Å². The van der Waals surface area contributed by atoms with Crippen LogP contribution in [0.15, 0.2) is 35.1 Å². The SMILES string of the molecule is O=C(O)CN1CCN(c2nc3ccccc3n(C3=CC4CC[C@@H](C3)N4C3CCCCCCC3)c2=O)CC1. The maximum Gasteiger partial charge on any atom is 0.317 e. The second kappa shape index (κ2) is 10.6. The van der Waals surface area contributed by atoms with Crippen LogP contribution in [0, 0.1) is 0 Å². The topological polar surface area (TPSA) is 81.9 Å². The first-order valence-electron chi connectivity index (χ1n) is 14.3. The Morgan fingerprint density at radius 2 is 1.65 bits per heavy atom. The lowest BCUT2D eigenvalue weighted by atomic mass is 9.92. The number of rotatable bonds is 5. The highest BCUT2D eigenvalue weighted by atomic mass is 16.4. The van der Waals surface area contributed by atoms with Crippen molar-refractivity contribution in [2.45, 2.75) is 82.3 Å². The van der Waals surface area contributed by atoms with Crippen LogP contribution in [0.4, 0.5) is 5.82 Å². The maximum atomic E-state index is 14.0. The summed E-state index contributed by atoms with van der Waals surface area (Å²) in [5, 5.41) is 9.14. The fraction of sp³-hybridized carbons (Fsp3) is 0.621. The molecule has 0 amide bonds. The van der Waals surface area contributed by atoms with Crippen molar-refractivity contribution in [1.82, 2.24) is 19.4 Å². The van der Waals surface area contributed by atoms with Crippen molar-refractivity contribution < 1.29 is 9.90 Å². The Bertz CT molecular complexity index is 1220. The molecule has 1 unspecified atom stereocenters. The van der Waals surface area contributed by atoms with E-state index < -0.39 is 5.97 Å². The van der Waals surface area contributed by atoms with Crippen LogP contribution in [0.5, 0.6) is 0 Å². The largest absolute Gasteiger partial charge is 0.480 e. The van der Waals surface area contributed by atoms with E-state index in [2.05, 4.69) is 11.0 Å². The van der Waals surface area contributed by atoms with E-state index in [9.17, 15) is 9.59 Å². The highest BCUT2D eigenvalue weighted by Crippen LogP contribution is 2.40. The number of fused-ring (bicyclic) bond motifs is 3. The first-order chi connectivity index (χ1) is 18.1. The summed E-state index contributed by atoms with van der Waals surface area (Å²) in [6.45, 7) is 2.48. The minimum Gasteiger partial charge on any atom is -0.480 e. The van der Waals surface area contributed by atoms with Crippen LogP contribution < -0.4 is 10.5 Å². The van der Waals surface area contributed by atoms with Gasteiger partial charge in [-0.05, 0) is 43.9 Å². The van der Waals surface area contributed by atoms with Gasteiger partial charge in [-0.15, -0.1) is 0 Å². The number of piperazine rings is 1. The third kappa shape index (κ3) is 4.93. The quantitative estimate of drug-likeness (QED) is 0.662. The second-order valence-corrected chi connectivity index (χ2v) is 11.3. The lowest BCUT2D eigenvalue weighted by Crippen LogP contribution is -2.50. The Hall–Kier alpha value is -2.71. The highest BCUT2D eigenvalue weighted by Gasteiger charge is 2.41. The second-order valence-electron chi connectivity index (χ2n) is 11.3. The summed E-state index contributed by atoms with van der Waals surface area (Å²) in [4.78, 5) is 36.8. The average Bonchev–Trinajstić information content (AvgIpc) is 3.12. The summed E-state index contributed by atoms with van der Waals surface area (Å²) in [5.74, 6) is -0.323. The number of para-hydroxylation sites is 2. The highest BCUT2D eigenvalue weighted by molar-refractivity contribution is 5.80. The molecule has 2 saturated heterocycles. The molecule has 4 aliphatic rings. The summed E-state index contributed by atoms with van der Waals surface area (Å²) >= 11 is 0. The standard InChI is InChI=1S/C29H39N5O3/c35-27(36)20-31-14-16-32(17-15-31)28-29(37)34(26-11-7-6-10-25(26)30-28)24-18-22-12-13-23(19-24)33(22)21-8-4-2-1-3-5-9-21/h6-7,10-11,18,21-23H,1-5,8-9,12-17,19-20H2,(H,35,36)/t22?,23-/m0/s1. The minimum absolute atomic E-state index is 0.0381. The number of carboxylic acids is 1. The van der Waals surface area contributed by atoms with Crippen LogP contribution in [0.1, 0.15) is 64.2 Å². The van der Waals surface area contributed by atoms with E-state index >= 15 is 0 Å². The molecule has 2 bridgehead atoms. The zero-order valence-electron chi connectivity index (χ0n) is 21.7. The smallest absolute Gasteiger partial charge is 0.317 e. The molecule has 4 heterocycles. The Morgan fingerprint density at radius 3 is 2.38 bits per heavy atom. The van der Waals surface area contributed by atoms with Crippen LogP contribution >= 0.6 is 0 Å². The van der Waals surface area contributed by atoms with Crippen molar-refractivity contribution in [1.29, 1.82) is 0 Å². The van der Waals surface area contributed by atoms with E-state index in [0.717, 1.165) is 23.2 Å². The molecule has 1 saturated carbocycles. The van der Waals surface area contributed by atoms with Gasteiger partial charge < -0.3 is 10.0 Å². The zero-order chi connectivity index (χ0) is 25.4. The Kier molecular flexibility index (Phi) is 7.04. The molecule has 6 rings (SSSR count).